The molecule has 7 nitrogen and oxygen atoms in total. The molecule has 2 heterocycles. The van der Waals surface area contributed by atoms with Gasteiger partial charge >= 0.3 is 0 Å². The lowest BCUT2D eigenvalue weighted by Gasteiger charge is -2.31. The first-order valence-electron chi connectivity index (χ1n) is 8.83. The molecule has 144 valence electrons. The number of ether oxygens (including phenoxy) is 1. The van der Waals surface area contributed by atoms with Crippen molar-refractivity contribution in [3.05, 3.63) is 34.8 Å². The van der Waals surface area contributed by atoms with Gasteiger partial charge in [0.25, 0.3) is 0 Å². The summed E-state index contributed by atoms with van der Waals surface area (Å²) in [5.74, 6) is 0.259. The highest BCUT2D eigenvalue weighted by Crippen LogP contribution is 2.28. The average Bonchev–Trinajstić information content (AvgIpc) is 3.21. The van der Waals surface area contributed by atoms with Crippen LogP contribution in [0, 0.1) is 5.92 Å². The molecule has 1 unspecified atom stereocenters. The SMILES string of the molecule is COc1ccccc1Cc1nnc(NC(=O)C2CC(=O)N(C(C)(C)C)C2)s1. The largest absolute Gasteiger partial charge is 0.496 e. The molecule has 0 saturated carbocycles. The average molecular weight is 388 g/mol. The Kier molecular flexibility index (Phi) is 5.46. The Morgan fingerprint density at radius 1 is 1.33 bits per heavy atom. The molecule has 0 radical (unpaired) electrons. The number of hydrogen-bond acceptors (Lipinski definition) is 6. The van der Waals surface area contributed by atoms with Crippen molar-refractivity contribution in [1.82, 2.24) is 15.1 Å². The molecule has 1 aromatic heterocycles. The van der Waals surface area contributed by atoms with Crippen molar-refractivity contribution in [1.29, 1.82) is 0 Å². The lowest BCUT2D eigenvalue weighted by atomic mass is 10.1. The molecule has 2 aromatic rings. The number of anilines is 1. The number of para-hydroxylation sites is 1. The van der Waals surface area contributed by atoms with Crippen molar-refractivity contribution in [3.8, 4) is 5.75 Å². The smallest absolute Gasteiger partial charge is 0.231 e. The number of nitrogens with zero attached hydrogens (tertiary/aromatic N) is 3. The van der Waals surface area contributed by atoms with Crippen LogP contribution in [0.1, 0.15) is 37.8 Å². The lowest BCUT2D eigenvalue weighted by Crippen LogP contribution is -2.42. The maximum absolute atomic E-state index is 12.5. The van der Waals surface area contributed by atoms with Crippen LogP contribution in [0.4, 0.5) is 5.13 Å². The van der Waals surface area contributed by atoms with E-state index >= 15 is 0 Å². The normalized spacial score (nSPS) is 17.3. The first kappa shape index (κ1) is 19.3. The van der Waals surface area contributed by atoms with E-state index < -0.39 is 0 Å². The first-order chi connectivity index (χ1) is 12.8. The minimum atomic E-state index is -0.363. The molecule has 0 aliphatic carbocycles. The van der Waals surface area contributed by atoms with E-state index in [1.165, 1.54) is 11.3 Å². The molecule has 0 bridgehead atoms. The summed E-state index contributed by atoms with van der Waals surface area (Å²) < 4.78 is 5.35. The Balaban J connectivity index is 1.63. The van der Waals surface area contributed by atoms with Crippen LogP contribution >= 0.6 is 11.3 Å². The molecule has 1 aromatic carbocycles. The van der Waals surface area contributed by atoms with Crippen molar-refractivity contribution < 1.29 is 14.3 Å². The van der Waals surface area contributed by atoms with E-state index in [0.717, 1.165) is 16.3 Å². The van der Waals surface area contributed by atoms with Gasteiger partial charge in [-0.05, 0) is 26.8 Å². The summed E-state index contributed by atoms with van der Waals surface area (Å²) in [6.45, 7) is 6.35. The molecular formula is C19H24N4O3S. The predicted octanol–water partition coefficient (Wildman–Crippen LogP) is 2.72. The van der Waals surface area contributed by atoms with Gasteiger partial charge in [-0.1, -0.05) is 29.5 Å². The summed E-state index contributed by atoms with van der Waals surface area (Å²) in [7, 11) is 1.63. The summed E-state index contributed by atoms with van der Waals surface area (Å²) in [5, 5.41) is 12.3. The predicted molar refractivity (Wildman–Crippen MR) is 104 cm³/mol. The zero-order valence-electron chi connectivity index (χ0n) is 16.0. The highest BCUT2D eigenvalue weighted by atomic mass is 32.1. The Hall–Kier alpha value is -2.48. The van der Waals surface area contributed by atoms with E-state index in [4.69, 9.17) is 4.74 Å². The first-order valence-corrected chi connectivity index (χ1v) is 9.65. The summed E-state index contributed by atoms with van der Waals surface area (Å²) in [6.07, 6.45) is 0.813. The number of amides is 2. The number of carbonyl (C=O) groups excluding carboxylic acids is 2. The van der Waals surface area contributed by atoms with Crippen LogP contribution in [-0.2, 0) is 16.0 Å². The second-order valence-corrected chi connectivity index (χ2v) is 8.62. The highest BCUT2D eigenvalue weighted by molar-refractivity contribution is 7.15. The van der Waals surface area contributed by atoms with Gasteiger partial charge < -0.3 is 15.0 Å². The van der Waals surface area contributed by atoms with Crippen LogP contribution in [0.3, 0.4) is 0 Å². The van der Waals surface area contributed by atoms with Gasteiger partial charge in [0, 0.05) is 30.5 Å². The number of methoxy groups -OCH3 is 1. The van der Waals surface area contributed by atoms with Gasteiger partial charge in [0.1, 0.15) is 10.8 Å². The van der Waals surface area contributed by atoms with E-state index in [1.54, 1.807) is 12.0 Å². The fraction of sp³-hybridized carbons (Fsp3) is 0.474. The van der Waals surface area contributed by atoms with Crippen LogP contribution in [0.25, 0.3) is 0 Å². The lowest BCUT2D eigenvalue weighted by molar-refractivity contribution is -0.131. The van der Waals surface area contributed by atoms with Crippen LogP contribution < -0.4 is 10.1 Å². The molecule has 8 heteroatoms. The van der Waals surface area contributed by atoms with E-state index in [1.807, 2.05) is 45.0 Å². The third-order valence-electron chi connectivity index (χ3n) is 4.54. The zero-order chi connectivity index (χ0) is 19.6. The topological polar surface area (TPSA) is 84.4 Å². The second kappa shape index (κ2) is 7.64. The van der Waals surface area contributed by atoms with Crippen LogP contribution in [-0.4, -0.2) is 46.1 Å². The highest BCUT2D eigenvalue weighted by Gasteiger charge is 2.39. The molecule has 1 aliphatic rings. The Morgan fingerprint density at radius 3 is 2.74 bits per heavy atom. The maximum atomic E-state index is 12.5. The van der Waals surface area contributed by atoms with Gasteiger partial charge in [-0.2, -0.15) is 0 Å². The van der Waals surface area contributed by atoms with E-state index in [0.29, 0.717) is 18.1 Å². The standard InChI is InChI=1S/C19H24N4O3S/c1-19(2,3)23-11-13(10-16(23)24)17(25)20-18-22-21-15(27-18)9-12-7-5-6-8-14(12)26-4/h5-8,13H,9-11H2,1-4H3,(H,20,22,25). The second-order valence-electron chi connectivity index (χ2n) is 7.56. The fourth-order valence-corrected chi connectivity index (χ4v) is 3.89. The molecule has 2 amide bonds. The van der Waals surface area contributed by atoms with Crippen molar-refractivity contribution in [2.24, 2.45) is 5.92 Å². The molecule has 0 spiro atoms. The third-order valence-corrected chi connectivity index (χ3v) is 5.38. The van der Waals surface area contributed by atoms with Crippen molar-refractivity contribution >= 4 is 28.3 Å². The van der Waals surface area contributed by atoms with Crippen LogP contribution in [0.15, 0.2) is 24.3 Å². The number of carbonyl (C=O) groups is 2. The van der Waals surface area contributed by atoms with Gasteiger partial charge in [0.05, 0.1) is 13.0 Å². The molecule has 3 rings (SSSR count). The minimum Gasteiger partial charge on any atom is -0.496 e. The third kappa shape index (κ3) is 4.44. The molecule has 1 N–H and O–H groups in total. The van der Waals surface area contributed by atoms with Crippen molar-refractivity contribution in [2.45, 2.75) is 39.2 Å². The summed E-state index contributed by atoms with van der Waals surface area (Å²) in [6, 6.07) is 7.73. The van der Waals surface area contributed by atoms with Crippen LogP contribution in [0.5, 0.6) is 5.75 Å². The number of nitrogens with one attached hydrogen (secondary N) is 1. The van der Waals surface area contributed by atoms with Gasteiger partial charge in [0.2, 0.25) is 16.9 Å². The molecule has 1 saturated heterocycles. The fourth-order valence-electron chi connectivity index (χ4n) is 3.13. The Morgan fingerprint density at radius 2 is 2.07 bits per heavy atom. The number of hydrogen-bond donors (Lipinski definition) is 1. The molecular weight excluding hydrogens is 364 g/mol. The molecule has 1 aliphatic heterocycles. The molecule has 1 fully saturated rings. The molecule has 27 heavy (non-hydrogen) atoms. The van der Waals surface area contributed by atoms with Gasteiger partial charge in [-0.25, -0.2) is 0 Å². The maximum Gasteiger partial charge on any atom is 0.231 e. The number of likely N-dealkylation sites (tertiary alicyclic amines) is 1. The van der Waals surface area contributed by atoms with Gasteiger partial charge in [-0.3, -0.25) is 9.59 Å². The van der Waals surface area contributed by atoms with Crippen molar-refractivity contribution in [3.63, 3.8) is 0 Å². The van der Waals surface area contributed by atoms with Gasteiger partial charge in [0.15, 0.2) is 0 Å². The van der Waals surface area contributed by atoms with Crippen molar-refractivity contribution in [2.75, 3.05) is 19.0 Å². The summed E-state index contributed by atoms with van der Waals surface area (Å²) >= 11 is 1.33. The Bertz CT molecular complexity index is 843. The minimum absolute atomic E-state index is 0.0109. The summed E-state index contributed by atoms with van der Waals surface area (Å²) in [5.41, 5.74) is 0.729. The van der Waals surface area contributed by atoms with E-state index in [9.17, 15) is 9.59 Å². The van der Waals surface area contributed by atoms with E-state index in [2.05, 4.69) is 15.5 Å². The van der Waals surface area contributed by atoms with Crippen LogP contribution in [0.2, 0.25) is 0 Å². The zero-order valence-corrected chi connectivity index (χ0v) is 16.8. The monoisotopic (exact) mass is 388 g/mol. The number of rotatable bonds is 5. The van der Waals surface area contributed by atoms with E-state index in [-0.39, 0.29) is 29.7 Å². The number of aromatic nitrogens is 2. The quantitative estimate of drug-likeness (QED) is 0.851. The van der Waals surface area contributed by atoms with Gasteiger partial charge in [-0.15, -0.1) is 10.2 Å². The summed E-state index contributed by atoms with van der Waals surface area (Å²) in [4.78, 5) is 26.4. The molecule has 1 atom stereocenters. The Labute approximate surface area is 162 Å². The number of benzene rings is 1.